The van der Waals surface area contributed by atoms with E-state index in [4.69, 9.17) is 14.9 Å². The summed E-state index contributed by atoms with van der Waals surface area (Å²) in [6, 6.07) is 0. The van der Waals surface area contributed by atoms with Crippen molar-refractivity contribution in [2.45, 2.75) is 71.0 Å². The molecule has 0 heterocycles. The zero-order valence-corrected chi connectivity index (χ0v) is 11.1. The Hall–Kier alpha value is -1.10. The van der Waals surface area contributed by atoms with Gasteiger partial charge in [0.15, 0.2) is 6.29 Å². The summed E-state index contributed by atoms with van der Waals surface area (Å²) in [6.45, 7) is 1.75. The third kappa shape index (κ3) is 11.4. The fourth-order valence-electron chi connectivity index (χ4n) is 1.55. The number of esters is 1. The molecule has 106 valence electrons. The molecular weight excluding hydrogens is 236 g/mol. The van der Waals surface area contributed by atoms with Crippen molar-refractivity contribution in [2.24, 2.45) is 0 Å². The van der Waals surface area contributed by atoms with Crippen LogP contribution in [0.3, 0.4) is 0 Å². The van der Waals surface area contributed by atoms with E-state index in [9.17, 15) is 9.59 Å². The van der Waals surface area contributed by atoms with Crippen molar-refractivity contribution in [2.75, 3.05) is 0 Å². The maximum Gasteiger partial charge on any atom is 0.308 e. The monoisotopic (exact) mass is 260 g/mol. The molecule has 2 N–H and O–H groups in total. The highest BCUT2D eigenvalue weighted by Crippen LogP contribution is 2.09. The van der Waals surface area contributed by atoms with Gasteiger partial charge in [-0.25, -0.2) is 0 Å². The summed E-state index contributed by atoms with van der Waals surface area (Å²) >= 11 is 0. The smallest absolute Gasteiger partial charge is 0.308 e. The van der Waals surface area contributed by atoms with E-state index in [2.05, 4.69) is 0 Å². The molecule has 0 fully saturated rings. The molecule has 1 unspecified atom stereocenters. The van der Waals surface area contributed by atoms with Crippen molar-refractivity contribution in [3.05, 3.63) is 0 Å². The molecule has 0 bridgehead atoms. The van der Waals surface area contributed by atoms with Crippen molar-refractivity contribution in [1.29, 1.82) is 0 Å². The highest BCUT2D eigenvalue weighted by molar-refractivity contribution is 5.69. The van der Waals surface area contributed by atoms with Gasteiger partial charge in [0.1, 0.15) is 0 Å². The van der Waals surface area contributed by atoms with E-state index >= 15 is 0 Å². The van der Waals surface area contributed by atoms with Gasteiger partial charge in [-0.3, -0.25) is 9.59 Å². The highest BCUT2D eigenvalue weighted by Gasteiger charge is 2.07. The van der Waals surface area contributed by atoms with E-state index in [1.165, 1.54) is 0 Å². The fraction of sp³-hybridized carbons (Fsp3) is 0.846. The Labute approximate surface area is 108 Å². The third-order valence-electron chi connectivity index (χ3n) is 2.64. The number of carbonyl (C=O) groups is 2. The zero-order valence-electron chi connectivity index (χ0n) is 11.1. The van der Waals surface area contributed by atoms with Crippen LogP contribution in [0.2, 0.25) is 0 Å². The van der Waals surface area contributed by atoms with Crippen LogP contribution < -0.4 is 0 Å². The van der Waals surface area contributed by atoms with Crippen LogP contribution in [0, 0.1) is 0 Å². The normalized spacial score (nSPS) is 12.1. The first-order valence-electron chi connectivity index (χ1n) is 6.65. The molecule has 0 aliphatic carbocycles. The molecule has 5 nitrogen and oxygen atoms in total. The topological polar surface area (TPSA) is 83.8 Å². The van der Waals surface area contributed by atoms with Gasteiger partial charge in [0, 0.05) is 19.3 Å². The lowest BCUT2D eigenvalue weighted by molar-refractivity contribution is -0.168. The van der Waals surface area contributed by atoms with Crippen molar-refractivity contribution < 1.29 is 24.5 Å². The van der Waals surface area contributed by atoms with E-state index in [1.807, 2.05) is 0 Å². The zero-order chi connectivity index (χ0) is 13.8. The van der Waals surface area contributed by atoms with Gasteiger partial charge >= 0.3 is 11.9 Å². The number of carbonyl (C=O) groups excluding carboxylic acids is 1. The number of carboxylic acid groups (broad SMARTS) is 1. The standard InChI is InChI=1S/C13H24O5/c1-2-12(16)18-13(17)10-8-6-4-3-5-7-9-11(14)15/h12,16H,2-10H2,1H3,(H,14,15). The molecule has 0 spiro atoms. The predicted molar refractivity (Wildman–Crippen MR) is 67.0 cm³/mol. The number of aliphatic hydroxyl groups is 1. The minimum Gasteiger partial charge on any atom is -0.481 e. The Morgan fingerprint density at radius 3 is 2.00 bits per heavy atom. The van der Waals surface area contributed by atoms with Crippen LogP contribution >= 0.6 is 0 Å². The maximum atomic E-state index is 11.2. The van der Waals surface area contributed by atoms with E-state index in [1.54, 1.807) is 6.92 Å². The SMILES string of the molecule is CCC(O)OC(=O)CCCCCCCCC(=O)O. The van der Waals surface area contributed by atoms with Gasteiger partial charge in [0.05, 0.1) is 0 Å². The van der Waals surface area contributed by atoms with Crippen molar-refractivity contribution >= 4 is 11.9 Å². The molecule has 0 saturated carbocycles. The molecular formula is C13H24O5. The molecule has 0 rings (SSSR count). The summed E-state index contributed by atoms with van der Waals surface area (Å²) in [5.41, 5.74) is 0. The number of carboxylic acids is 1. The van der Waals surface area contributed by atoms with Gasteiger partial charge in [-0.15, -0.1) is 0 Å². The molecule has 0 saturated heterocycles. The number of hydrogen-bond donors (Lipinski definition) is 2. The summed E-state index contributed by atoms with van der Waals surface area (Å²) in [6.07, 6.45) is 5.35. The number of aliphatic carboxylic acids is 1. The van der Waals surface area contributed by atoms with Gasteiger partial charge in [0.25, 0.3) is 0 Å². The van der Waals surface area contributed by atoms with Gasteiger partial charge in [0.2, 0.25) is 0 Å². The van der Waals surface area contributed by atoms with Crippen LogP contribution in [0.15, 0.2) is 0 Å². The van der Waals surface area contributed by atoms with Crippen molar-refractivity contribution in [3.8, 4) is 0 Å². The second kappa shape index (κ2) is 11.0. The average molecular weight is 260 g/mol. The van der Waals surface area contributed by atoms with Crippen LogP contribution in [-0.2, 0) is 14.3 Å². The maximum absolute atomic E-state index is 11.2. The molecule has 0 aromatic heterocycles. The Morgan fingerprint density at radius 1 is 1.00 bits per heavy atom. The Kier molecular flexibility index (Phi) is 10.3. The van der Waals surface area contributed by atoms with Crippen LogP contribution in [0.1, 0.15) is 64.7 Å². The first-order valence-corrected chi connectivity index (χ1v) is 6.65. The lowest BCUT2D eigenvalue weighted by atomic mass is 10.1. The number of rotatable bonds is 11. The third-order valence-corrected chi connectivity index (χ3v) is 2.64. The van der Waals surface area contributed by atoms with E-state index in [0.29, 0.717) is 12.8 Å². The Balaban J connectivity index is 3.25. The summed E-state index contributed by atoms with van der Waals surface area (Å²) in [5, 5.41) is 17.5. The first-order chi connectivity index (χ1) is 8.56. The second-order valence-corrected chi connectivity index (χ2v) is 4.37. The average Bonchev–Trinajstić information content (AvgIpc) is 2.31. The first kappa shape index (κ1) is 16.9. The molecule has 0 aromatic carbocycles. The number of hydrogen-bond acceptors (Lipinski definition) is 4. The number of aliphatic hydroxyl groups excluding tert-OH is 1. The van der Waals surface area contributed by atoms with Crippen molar-refractivity contribution in [3.63, 3.8) is 0 Å². The number of unbranched alkanes of at least 4 members (excludes halogenated alkanes) is 5. The van der Waals surface area contributed by atoms with Crippen LogP contribution in [-0.4, -0.2) is 28.4 Å². The molecule has 0 radical (unpaired) electrons. The van der Waals surface area contributed by atoms with Gasteiger partial charge in [-0.05, 0) is 12.8 Å². The Bertz CT molecular complexity index is 240. The molecule has 0 aliphatic heterocycles. The van der Waals surface area contributed by atoms with E-state index in [-0.39, 0.29) is 12.4 Å². The highest BCUT2D eigenvalue weighted by atomic mass is 16.6. The van der Waals surface area contributed by atoms with Gasteiger partial charge < -0.3 is 14.9 Å². The lowest BCUT2D eigenvalue weighted by Gasteiger charge is -2.09. The Morgan fingerprint density at radius 2 is 1.50 bits per heavy atom. The molecule has 1 atom stereocenters. The predicted octanol–water partition coefficient (Wildman–Crippen LogP) is 2.46. The molecule has 0 aromatic rings. The second-order valence-electron chi connectivity index (χ2n) is 4.37. The molecule has 0 amide bonds. The van der Waals surface area contributed by atoms with Gasteiger partial charge in [-0.2, -0.15) is 0 Å². The summed E-state index contributed by atoms with van der Waals surface area (Å²) in [4.78, 5) is 21.4. The molecule has 0 aliphatic rings. The minimum atomic E-state index is -0.978. The van der Waals surface area contributed by atoms with Crippen LogP contribution in [0.25, 0.3) is 0 Å². The summed E-state index contributed by atoms with van der Waals surface area (Å²) in [7, 11) is 0. The van der Waals surface area contributed by atoms with E-state index in [0.717, 1.165) is 38.5 Å². The van der Waals surface area contributed by atoms with Gasteiger partial charge in [-0.1, -0.05) is 32.6 Å². The summed E-state index contributed by atoms with van der Waals surface area (Å²) < 4.78 is 4.72. The van der Waals surface area contributed by atoms with Crippen molar-refractivity contribution in [1.82, 2.24) is 0 Å². The quantitative estimate of drug-likeness (QED) is 0.339. The fourth-order valence-corrected chi connectivity index (χ4v) is 1.55. The molecule has 5 heteroatoms. The lowest BCUT2D eigenvalue weighted by Crippen LogP contribution is -2.16. The molecule has 18 heavy (non-hydrogen) atoms. The largest absolute Gasteiger partial charge is 0.481 e. The van der Waals surface area contributed by atoms with E-state index < -0.39 is 12.3 Å². The summed E-state index contributed by atoms with van der Waals surface area (Å²) in [5.74, 6) is -1.09. The number of ether oxygens (including phenoxy) is 1. The van der Waals surface area contributed by atoms with Crippen LogP contribution in [0.4, 0.5) is 0 Å². The minimum absolute atomic E-state index is 0.237. The van der Waals surface area contributed by atoms with Crippen LogP contribution in [0.5, 0.6) is 0 Å².